The van der Waals surface area contributed by atoms with Gasteiger partial charge >= 0.3 is 5.97 Å². The Morgan fingerprint density at radius 3 is 1.82 bits per heavy atom. The van der Waals surface area contributed by atoms with E-state index in [0.29, 0.717) is 6.42 Å². The van der Waals surface area contributed by atoms with E-state index in [4.69, 9.17) is 22.3 Å². The quantitative estimate of drug-likeness (QED) is 0.116. The minimum atomic E-state index is -1.68. The van der Waals surface area contributed by atoms with Gasteiger partial charge in [-0.3, -0.25) is 24.0 Å². The Kier molecular flexibility index (Phi) is 12.6. The van der Waals surface area contributed by atoms with Gasteiger partial charge in [-0.25, -0.2) is 4.79 Å². The zero-order valence-electron chi connectivity index (χ0n) is 18.9. The van der Waals surface area contributed by atoms with Gasteiger partial charge in [-0.15, -0.1) is 0 Å². The van der Waals surface area contributed by atoms with Crippen molar-refractivity contribution in [1.82, 2.24) is 16.0 Å². The van der Waals surface area contributed by atoms with Gasteiger partial charge in [0.25, 0.3) is 0 Å². The van der Waals surface area contributed by atoms with E-state index in [9.17, 15) is 33.9 Å². The summed E-state index contributed by atoms with van der Waals surface area (Å²) in [6.45, 7) is 4.78. The molecule has 0 aromatic rings. The predicted molar refractivity (Wildman–Crippen MR) is 115 cm³/mol. The summed E-state index contributed by atoms with van der Waals surface area (Å²) < 4.78 is 0. The molecule has 0 radical (unpaired) electrons. The molecule has 0 heterocycles. The fraction of sp³-hybridized carbons (Fsp3) is 0.684. The number of hydrogen-bond acceptors (Lipinski definition) is 8. The van der Waals surface area contributed by atoms with Crippen LogP contribution in [0, 0.1) is 5.92 Å². The maximum atomic E-state index is 12.7. The number of nitrogens with two attached hydrogens (primary N) is 3. The highest BCUT2D eigenvalue weighted by Gasteiger charge is 2.33. The highest BCUT2D eigenvalue weighted by Crippen LogP contribution is 2.07. The van der Waals surface area contributed by atoms with Crippen LogP contribution in [0.25, 0.3) is 0 Å². The number of nitrogens with one attached hydrogen (secondary N) is 3. The Labute approximate surface area is 191 Å². The minimum Gasteiger partial charge on any atom is -0.480 e. The summed E-state index contributed by atoms with van der Waals surface area (Å²) in [6.07, 6.45) is -2.18. The van der Waals surface area contributed by atoms with Crippen molar-refractivity contribution in [2.45, 2.75) is 76.7 Å². The van der Waals surface area contributed by atoms with Crippen LogP contribution in [-0.4, -0.2) is 76.0 Å². The molecule has 0 saturated heterocycles. The Balaban J connectivity index is 5.56. The first kappa shape index (κ1) is 29.7. The first-order valence-corrected chi connectivity index (χ1v) is 10.3. The summed E-state index contributed by atoms with van der Waals surface area (Å²) in [7, 11) is 0. The summed E-state index contributed by atoms with van der Waals surface area (Å²) in [5.41, 5.74) is 15.9. The van der Waals surface area contributed by atoms with Crippen LogP contribution in [0.4, 0.5) is 0 Å². The number of aliphatic hydroxyl groups excluding tert-OH is 1. The van der Waals surface area contributed by atoms with Gasteiger partial charge in [0.1, 0.15) is 18.1 Å². The predicted octanol–water partition coefficient (Wildman–Crippen LogP) is -3.58. The molecule has 14 nitrogen and oxygen atoms in total. The molecule has 0 rings (SSSR count). The third kappa shape index (κ3) is 10.7. The van der Waals surface area contributed by atoms with Gasteiger partial charge in [0.05, 0.1) is 18.6 Å². The molecule has 188 valence electrons. The van der Waals surface area contributed by atoms with E-state index in [-0.39, 0.29) is 18.8 Å². The maximum Gasteiger partial charge on any atom is 0.326 e. The van der Waals surface area contributed by atoms with E-state index in [1.54, 1.807) is 6.92 Å². The third-order valence-corrected chi connectivity index (χ3v) is 4.95. The van der Waals surface area contributed by atoms with E-state index in [1.807, 2.05) is 6.92 Å². The first-order chi connectivity index (χ1) is 15.2. The lowest BCUT2D eigenvalue weighted by Crippen LogP contribution is -2.60. The molecule has 5 amide bonds. The normalized spacial score (nSPS) is 16.3. The Hall–Kier alpha value is -3.26. The third-order valence-electron chi connectivity index (χ3n) is 4.95. The first-order valence-electron chi connectivity index (χ1n) is 10.3. The van der Waals surface area contributed by atoms with Crippen molar-refractivity contribution >= 4 is 35.5 Å². The van der Waals surface area contributed by atoms with E-state index in [0.717, 1.165) is 0 Å². The van der Waals surface area contributed by atoms with Gasteiger partial charge in [0, 0.05) is 6.42 Å². The number of primary amides is 2. The molecule has 11 N–H and O–H groups in total. The minimum absolute atomic E-state index is 0.213. The summed E-state index contributed by atoms with van der Waals surface area (Å²) in [5.74, 6) is -6.27. The Bertz CT molecular complexity index is 744. The fourth-order valence-electron chi connectivity index (χ4n) is 2.66. The molecule has 6 atom stereocenters. The second-order valence-electron chi connectivity index (χ2n) is 7.77. The van der Waals surface area contributed by atoms with Crippen LogP contribution >= 0.6 is 0 Å². The van der Waals surface area contributed by atoms with Crippen molar-refractivity contribution in [1.29, 1.82) is 0 Å². The number of carbonyl (C=O) groups is 6. The fourth-order valence-corrected chi connectivity index (χ4v) is 2.66. The topological polar surface area (TPSA) is 257 Å². The zero-order valence-corrected chi connectivity index (χ0v) is 18.9. The van der Waals surface area contributed by atoms with Crippen LogP contribution in [0.5, 0.6) is 0 Å². The number of aliphatic hydroxyl groups is 1. The standard InChI is InChI=1S/C19H34N6O8/c1-4-8(2)14(22)17(30)25-15(9(3)26)18(31)23-10(5-6-12(20)27)16(29)24-11(19(32)33)7-13(21)28/h8-11,14-15,26H,4-7,22H2,1-3H3,(H2,20,27)(H2,21,28)(H,23,31)(H,24,29)(H,25,30)(H,32,33). The molecule has 6 unspecified atom stereocenters. The molecule has 0 aliphatic heterocycles. The smallest absolute Gasteiger partial charge is 0.326 e. The van der Waals surface area contributed by atoms with Crippen LogP contribution < -0.4 is 33.2 Å². The lowest BCUT2D eigenvalue weighted by Gasteiger charge is -2.27. The number of rotatable bonds is 15. The molecular formula is C19H34N6O8. The molecule has 0 aromatic heterocycles. The van der Waals surface area contributed by atoms with Crippen LogP contribution in [0.15, 0.2) is 0 Å². The number of carbonyl (C=O) groups excluding carboxylic acids is 5. The van der Waals surface area contributed by atoms with Crippen molar-refractivity contribution in [3.05, 3.63) is 0 Å². The van der Waals surface area contributed by atoms with Crippen LogP contribution in [0.3, 0.4) is 0 Å². The molecule has 0 saturated carbocycles. The van der Waals surface area contributed by atoms with Gasteiger partial charge in [-0.1, -0.05) is 20.3 Å². The van der Waals surface area contributed by atoms with Crippen molar-refractivity contribution in [3.8, 4) is 0 Å². The van der Waals surface area contributed by atoms with Crippen LogP contribution in [-0.2, 0) is 28.8 Å². The average molecular weight is 475 g/mol. The summed E-state index contributed by atoms with van der Waals surface area (Å²) in [6, 6.07) is -5.61. The number of carboxylic acids is 1. The van der Waals surface area contributed by atoms with Gasteiger partial charge in [-0.2, -0.15) is 0 Å². The molecule has 33 heavy (non-hydrogen) atoms. The van der Waals surface area contributed by atoms with E-state index < -0.39 is 72.2 Å². The van der Waals surface area contributed by atoms with Gasteiger partial charge in [-0.05, 0) is 19.3 Å². The van der Waals surface area contributed by atoms with Gasteiger partial charge in [0.15, 0.2) is 0 Å². The lowest BCUT2D eigenvalue weighted by molar-refractivity contribution is -0.144. The highest BCUT2D eigenvalue weighted by atomic mass is 16.4. The number of aliphatic carboxylic acids is 1. The highest BCUT2D eigenvalue weighted by molar-refractivity contribution is 5.95. The van der Waals surface area contributed by atoms with Crippen LogP contribution in [0.1, 0.15) is 46.5 Å². The van der Waals surface area contributed by atoms with Gasteiger partial charge < -0.3 is 43.4 Å². The second kappa shape index (κ2) is 14.0. The van der Waals surface area contributed by atoms with Crippen molar-refractivity contribution in [3.63, 3.8) is 0 Å². The van der Waals surface area contributed by atoms with Gasteiger partial charge in [0.2, 0.25) is 29.5 Å². The van der Waals surface area contributed by atoms with E-state index in [2.05, 4.69) is 16.0 Å². The zero-order chi connectivity index (χ0) is 25.9. The summed E-state index contributed by atoms with van der Waals surface area (Å²) >= 11 is 0. The monoisotopic (exact) mass is 474 g/mol. The second-order valence-corrected chi connectivity index (χ2v) is 7.77. The molecule has 0 aromatic carbocycles. The van der Waals surface area contributed by atoms with Crippen molar-refractivity contribution in [2.75, 3.05) is 0 Å². The number of amides is 5. The maximum absolute atomic E-state index is 12.7. The summed E-state index contributed by atoms with van der Waals surface area (Å²) in [4.78, 5) is 71.1. The summed E-state index contributed by atoms with van der Waals surface area (Å²) in [5, 5.41) is 25.8. The Morgan fingerprint density at radius 2 is 1.39 bits per heavy atom. The SMILES string of the molecule is CCC(C)C(N)C(=O)NC(C(=O)NC(CCC(N)=O)C(=O)NC(CC(N)=O)C(=O)O)C(C)O. The van der Waals surface area contributed by atoms with E-state index >= 15 is 0 Å². The number of hydrogen-bond donors (Lipinski definition) is 8. The molecule has 0 spiro atoms. The molecule has 0 aliphatic rings. The van der Waals surface area contributed by atoms with Crippen molar-refractivity contribution < 1.29 is 39.0 Å². The molecule has 0 bridgehead atoms. The molecule has 0 fully saturated rings. The van der Waals surface area contributed by atoms with E-state index in [1.165, 1.54) is 6.92 Å². The lowest BCUT2D eigenvalue weighted by atomic mass is 9.98. The molecule has 0 aliphatic carbocycles. The van der Waals surface area contributed by atoms with Crippen LogP contribution in [0.2, 0.25) is 0 Å². The molecular weight excluding hydrogens is 440 g/mol. The average Bonchev–Trinajstić information content (AvgIpc) is 2.71. The largest absolute Gasteiger partial charge is 0.480 e. The van der Waals surface area contributed by atoms with Crippen molar-refractivity contribution in [2.24, 2.45) is 23.1 Å². The Morgan fingerprint density at radius 1 is 0.848 bits per heavy atom. The molecule has 14 heteroatoms. The number of carboxylic acid groups (broad SMARTS) is 1.